The number of esters is 2. The molecule has 0 unspecified atom stereocenters. The molecule has 0 saturated heterocycles. The summed E-state index contributed by atoms with van der Waals surface area (Å²) in [6.45, 7) is 4.89. The van der Waals surface area contributed by atoms with Crippen molar-refractivity contribution in [2.75, 3.05) is 0 Å². The molecule has 2 rings (SSSR count). The highest BCUT2D eigenvalue weighted by molar-refractivity contribution is 6.01. The first-order valence-corrected chi connectivity index (χ1v) is 6.31. The number of carbonyl (C=O) groups is 2. The molecule has 2 aromatic rings. The highest BCUT2D eigenvalue weighted by Crippen LogP contribution is 2.21. The van der Waals surface area contributed by atoms with Gasteiger partial charge < -0.3 is 9.47 Å². The third kappa shape index (κ3) is 4.04. The molecule has 0 aliphatic carbocycles. The van der Waals surface area contributed by atoms with Crippen molar-refractivity contribution in [2.45, 2.75) is 6.92 Å². The molecule has 0 aromatic heterocycles. The summed E-state index contributed by atoms with van der Waals surface area (Å²) in [5.74, 6) is -0.159. The quantitative estimate of drug-likeness (QED) is 0.487. The van der Waals surface area contributed by atoms with Crippen LogP contribution in [0.15, 0.2) is 66.7 Å². The second kappa shape index (κ2) is 6.52. The fraction of sp³-hybridized carbons (Fsp3) is 0.0588. The number of carbonyl (C=O) groups excluding carboxylic acids is 2. The molecule has 0 aliphatic heterocycles. The SMILES string of the molecule is C=C(C)C(=O)OC(=O)c1ccc(Oc2ccccc2)cc1. The summed E-state index contributed by atoms with van der Waals surface area (Å²) < 4.78 is 10.2. The van der Waals surface area contributed by atoms with E-state index in [2.05, 4.69) is 11.3 Å². The van der Waals surface area contributed by atoms with Crippen LogP contribution < -0.4 is 4.74 Å². The molecule has 2 aromatic carbocycles. The summed E-state index contributed by atoms with van der Waals surface area (Å²) in [5.41, 5.74) is 0.442. The van der Waals surface area contributed by atoms with Gasteiger partial charge in [0.1, 0.15) is 11.5 Å². The lowest BCUT2D eigenvalue weighted by molar-refractivity contribution is -0.133. The minimum atomic E-state index is -0.732. The van der Waals surface area contributed by atoms with Crippen LogP contribution in [0, 0.1) is 0 Å². The number of hydrogen-bond donors (Lipinski definition) is 0. The maximum absolute atomic E-state index is 11.7. The fourth-order valence-electron chi connectivity index (χ4n) is 1.51. The monoisotopic (exact) mass is 282 g/mol. The highest BCUT2D eigenvalue weighted by Gasteiger charge is 2.13. The van der Waals surface area contributed by atoms with Gasteiger partial charge in [-0.2, -0.15) is 0 Å². The topological polar surface area (TPSA) is 52.6 Å². The van der Waals surface area contributed by atoms with Crippen molar-refractivity contribution in [3.63, 3.8) is 0 Å². The standard InChI is InChI=1S/C17H14O4/c1-12(2)16(18)21-17(19)13-8-10-15(11-9-13)20-14-6-4-3-5-7-14/h3-11H,1H2,2H3. The van der Waals surface area contributed by atoms with Gasteiger partial charge in [-0.1, -0.05) is 24.8 Å². The summed E-state index contributed by atoms with van der Waals surface area (Å²) in [5, 5.41) is 0. The normalized spacial score (nSPS) is 9.76. The summed E-state index contributed by atoms with van der Waals surface area (Å²) in [4.78, 5) is 23.0. The molecule has 4 heteroatoms. The lowest BCUT2D eigenvalue weighted by Gasteiger charge is -2.06. The molecule has 0 bridgehead atoms. The second-order valence-corrected chi connectivity index (χ2v) is 4.40. The Bertz CT molecular complexity index is 657. The first-order valence-electron chi connectivity index (χ1n) is 6.31. The van der Waals surface area contributed by atoms with Gasteiger partial charge in [-0.05, 0) is 43.3 Å². The minimum absolute atomic E-state index is 0.174. The van der Waals surface area contributed by atoms with E-state index < -0.39 is 11.9 Å². The third-order valence-corrected chi connectivity index (χ3v) is 2.60. The van der Waals surface area contributed by atoms with Crippen molar-refractivity contribution in [3.8, 4) is 11.5 Å². The van der Waals surface area contributed by atoms with E-state index in [0.717, 1.165) is 0 Å². The largest absolute Gasteiger partial charge is 0.457 e. The Labute approximate surface area is 122 Å². The Morgan fingerprint density at radius 3 is 2.05 bits per heavy atom. The van der Waals surface area contributed by atoms with E-state index in [4.69, 9.17) is 4.74 Å². The van der Waals surface area contributed by atoms with Crippen LogP contribution >= 0.6 is 0 Å². The van der Waals surface area contributed by atoms with Gasteiger partial charge in [0.15, 0.2) is 0 Å². The van der Waals surface area contributed by atoms with Crippen LogP contribution in [0.4, 0.5) is 0 Å². The summed E-state index contributed by atoms with van der Waals surface area (Å²) >= 11 is 0. The highest BCUT2D eigenvalue weighted by atomic mass is 16.6. The number of para-hydroxylation sites is 1. The Kier molecular flexibility index (Phi) is 4.51. The Balaban J connectivity index is 2.03. The molecule has 106 valence electrons. The van der Waals surface area contributed by atoms with Crippen LogP contribution in [0.3, 0.4) is 0 Å². The van der Waals surface area contributed by atoms with Crippen LogP contribution in [-0.2, 0) is 9.53 Å². The van der Waals surface area contributed by atoms with Crippen molar-refractivity contribution in [3.05, 3.63) is 72.3 Å². The van der Waals surface area contributed by atoms with Gasteiger partial charge in [0.25, 0.3) is 0 Å². The average molecular weight is 282 g/mol. The van der Waals surface area contributed by atoms with E-state index >= 15 is 0 Å². The average Bonchev–Trinajstić information content (AvgIpc) is 2.48. The minimum Gasteiger partial charge on any atom is -0.457 e. The first-order chi connectivity index (χ1) is 10.1. The molecular formula is C17H14O4. The van der Waals surface area contributed by atoms with Crippen LogP contribution in [0.25, 0.3) is 0 Å². The Morgan fingerprint density at radius 2 is 1.48 bits per heavy atom. The number of hydrogen-bond acceptors (Lipinski definition) is 4. The number of rotatable bonds is 4. The smallest absolute Gasteiger partial charge is 0.346 e. The molecule has 0 heterocycles. The molecule has 21 heavy (non-hydrogen) atoms. The zero-order valence-corrected chi connectivity index (χ0v) is 11.5. The molecular weight excluding hydrogens is 268 g/mol. The summed E-state index contributed by atoms with van der Waals surface area (Å²) in [6, 6.07) is 15.6. The summed E-state index contributed by atoms with van der Waals surface area (Å²) in [6.07, 6.45) is 0. The van der Waals surface area contributed by atoms with E-state index in [1.165, 1.54) is 19.1 Å². The molecule has 0 atom stereocenters. The van der Waals surface area contributed by atoms with Gasteiger partial charge in [0.2, 0.25) is 0 Å². The van der Waals surface area contributed by atoms with E-state index in [1.807, 2.05) is 30.3 Å². The summed E-state index contributed by atoms with van der Waals surface area (Å²) in [7, 11) is 0. The van der Waals surface area contributed by atoms with Crippen LogP contribution in [0.1, 0.15) is 17.3 Å². The van der Waals surface area contributed by atoms with Crippen LogP contribution in [0.5, 0.6) is 11.5 Å². The van der Waals surface area contributed by atoms with Gasteiger partial charge in [-0.3, -0.25) is 0 Å². The molecule has 0 radical (unpaired) electrons. The van der Waals surface area contributed by atoms with Gasteiger partial charge >= 0.3 is 11.9 Å². The van der Waals surface area contributed by atoms with Crippen molar-refractivity contribution >= 4 is 11.9 Å². The molecule has 0 saturated carbocycles. The van der Waals surface area contributed by atoms with Crippen LogP contribution in [0.2, 0.25) is 0 Å². The zero-order valence-electron chi connectivity index (χ0n) is 11.5. The zero-order chi connectivity index (χ0) is 15.2. The fourth-order valence-corrected chi connectivity index (χ4v) is 1.51. The van der Waals surface area contributed by atoms with Crippen molar-refractivity contribution < 1.29 is 19.1 Å². The molecule has 0 aliphatic rings. The van der Waals surface area contributed by atoms with Crippen molar-refractivity contribution in [2.24, 2.45) is 0 Å². The predicted octanol–water partition coefficient (Wildman–Crippen LogP) is 3.74. The van der Waals surface area contributed by atoms with Crippen LogP contribution in [-0.4, -0.2) is 11.9 Å². The maximum atomic E-state index is 11.7. The lowest BCUT2D eigenvalue weighted by Crippen LogP contribution is -2.12. The van der Waals surface area contributed by atoms with E-state index in [1.54, 1.807) is 12.1 Å². The molecule has 0 N–H and O–H groups in total. The number of benzene rings is 2. The lowest BCUT2D eigenvalue weighted by atomic mass is 10.2. The maximum Gasteiger partial charge on any atom is 0.346 e. The Hall–Kier alpha value is -2.88. The van der Waals surface area contributed by atoms with Crippen molar-refractivity contribution in [1.29, 1.82) is 0 Å². The molecule has 0 fully saturated rings. The molecule has 0 amide bonds. The predicted molar refractivity (Wildman–Crippen MR) is 78.2 cm³/mol. The number of ether oxygens (including phenoxy) is 2. The van der Waals surface area contributed by atoms with E-state index in [9.17, 15) is 9.59 Å². The van der Waals surface area contributed by atoms with E-state index in [-0.39, 0.29) is 11.1 Å². The Morgan fingerprint density at radius 1 is 0.905 bits per heavy atom. The molecule has 4 nitrogen and oxygen atoms in total. The van der Waals surface area contributed by atoms with Gasteiger partial charge in [-0.15, -0.1) is 0 Å². The van der Waals surface area contributed by atoms with Gasteiger partial charge in [0.05, 0.1) is 5.56 Å². The van der Waals surface area contributed by atoms with Crippen molar-refractivity contribution in [1.82, 2.24) is 0 Å². The van der Waals surface area contributed by atoms with Gasteiger partial charge in [-0.25, -0.2) is 9.59 Å². The third-order valence-electron chi connectivity index (χ3n) is 2.60. The van der Waals surface area contributed by atoms with Gasteiger partial charge in [0, 0.05) is 5.57 Å². The van der Waals surface area contributed by atoms with E-state index in [0.29, 0.717) is 11.5 Å². The first kappa shape index (κ1) is 14.5. The molecule has 0 spiro atoms. The second-order valence-electron chi connectivity index (χ2n) is 4.40.